The highest BCUT2D eigenvalue weighted by atomic mass is 35.5. The van der Waals surface area contributed by atoms with Gasteiger partial charge >= 0.3 is 5.97 Å². The number of hydrogen-bond donors (Lipinski definition) is 1. The van der Waals surface area contributed by atoms with E-state index in [0.29, 0.717) is 10.6 Å². The van der Waals surface area contributed by atoms with E-state index in [1.54, 1.807) is 19.1 Å². The van der Waals surface area contributed by atoms with Crippen molar-refractivity contribution in [3.05, 3.63) is 28.8 Å². The normalized spacial score (nSPS) is 22.5. The van der Waals surface area contributed by atoms with Crippen LogP contribution in [0.2, 0.25) is 5.02 Å². The zero-order chi connectivity index (χ0) is 18.1. The molecular formula is C16H19Cl2NO4S. The maximum Gasteiger partial charge on any atom is 0.330 e. The average Bonchev–Trinajstić information content (AvgIpc) is 2.80. The highest BCUT2D eigenvalue weighted by Gasteiger charge is 2.54. The van der Waals surface area contributed by atoms with Crippen LogP contribution in [0.25, 0.3) is 0 Å². The molecule has 0 unspecified atom stereocenters. The molecule has 132 valence electrons. The Balaban J connectivity index is 2.53. The Kier molecular flexibility index (Phi) is 5.94. The number of esters is 1. The number of benzene rings is 1. The minimum absolute atomic E-state index is 0.00424. The maximum absolute atomic E-state index is 12.5. The monoisotopic (exact) mass is 391 g/mol. The number of halogens is 2. The van der Waals surface area contributed by atoms with Crippen LogP contribution in [0.4, 0.5) is 0 Å². The van der Waals surface area contributed by atoms with Crippen molar-refractivity contribution >= 4 is 46.8 Å². The fraction of sp³-hybridized carbons (Fsp3) is 0.500. The highest BCUT2D eigenvalue weighted by molar-refractivity contribution is 8.01. The smallest absolute Gasteiger partial charge is 0.330 e. The Morgan fingerprint density at radius 1 is 1.42 bits per heavy atom. The van der Waals surface area contributed by atoms with Crippen molar-refractivity contribution < 1.29 is 19.4 Å². The van der Waals surface area contributed by atoms with Crippen molar-refractivity contribution in [2.75, 3.05) is 12.5 Å². The minimum atomic E-state index is -0.808. The number of phenols is 1. The van der Waals surface area contributed by atoms with E-state index in [0.717, 1.165) is 0 Å². The van der Waals surface area contributed by atoms with Crippen molar-refractivity contribution in [3.8, 4) is 5.75 Å². The summed E-state index contributed by atoms with van der Waals surface area (Å²) >= 11 is 13.2. The summed E-state index contributed by atoms with van der Waals surface area (Å²) in [6.45, 7) is 5.64. The SMILES string of the molecule is CCOC(=O)[C@@H]1N(C(=O)CCl)[C@@H](c2cc(Cl)ccc2O)SC1(C)C. The van der Waals surface area contributed by atoms with Crippen molar-refractivity contribution in [2.45, 2.75) is 36.9 Å². The third kappa shape index (κ3) is 3.60. The van der Waals surface area contributed by atoms with Crippen LogP contribution in [0.1, 0.15) is 31.7 Å². The summed E-state index contributed by atoms with van der Waals surface area (Å²) in [5.41, 5.74) is 0.464. The molecule has 0 saturated carbocycles. The largest absolute Gasteiger partial charge is 0.508 e. The van der Waals surface area contributed by atoms with E-state index in [1.165, 1.54) is 22.7 Å². The van der Waals surface area contributed by atoms with E-state index in [1.807, 2.05) is 13.8 Å². The standard InChI is InChI=1S/C16H19Cl2NO4S/c1-4-23-15(22)13-16(2,3)24-14(19(13)12(21)8-17)10-7-9(18)5-6-11(10)20/h5-7,13-14,20H,4,8H2,1-3H3/t13-,14+/m0/s1. The lowest BCUT2D eigenvalue weighted by Crippen LogP contribution is -2.50. The summed E-state index contributed by atoms with van der Waals surface area (Å²) in [4.78, 5) is 26.3. The topological polar surface area (TPSA) is 66.8 Å². The summed E-state index contributed by atoms with van der Waals surface area (Å²) in [5, 5.41) is 10.1. The molecule has 1 N–H and O–H groups in total. The predicted octanol–water partition coefficient (Wildman–Crippen LogP) is 3.57. The van der Waals surface area contributed by atoms with Gasteiger partial charge in [0.25, 0.3) is 0 Å². The molecule has 1 aromatic rings. The molecule has 1 saturated heterocycles. The van der Waals surface area contributed by atoms with Crippen molar-refractivity contribution in [2.24, 2.45) is 0 Å². The van der Waals surface area contributed by atoms with Gasteiger partial charge in [0.05, 0.1) is 6.61 Å². The van der Waals surface area contributed by atoms with Gasteiger partial charge in [-0.2, -0.15) is 0 Å². The Bertz CT molecular complexity index is 653. The molecule has 8 heteroatoms. The fourth-order valence-electron chi connectivity index (χ4n) is 2.78. The van der Waals surface area contributed by atoms with Gasteiger partial charge < -0.3 is 14.7 Å². The Labute approximate surface area is 155 Å². The third-order valence-electron chi connectivity index (χ3n) is 3.77. The van der Waals surface area contributed by atoms with Gasteiger partial charge in [-0.05, 0) is 39.0 Å². The lowest BCUT2D eigenvalue weighted by Gasteiger charge is -2.30. The highest BCUT2D eigenvalue weighted by Crippen LogP contribution is 2.54. The second-order valence-corrected chi connectivity index (χ2v) is 8.30. The zero-order valence-corrected chi connectivity index (χ0v) is 15.9. The van der Waals surface area contributed by atoms with Crippen molar-refractivity contribution in [1.82, 2.24) is 4.90 Å². The van der Waals surface area contributed by atoms with E-state index < -0.39 is 28.0 Å². The minimum Gasteiger partial charge on any atom is -0.508 e. The van der Waals surface area contributed by atoms with E-state index >= 15 is 0 Å². The number of thioether (sulfide) groups is 1. The number of rotatable bonds is 4. The van der Waals surface area contributed by atoms with Gasteiger partial charge in [-0.25, -0.2) is 4.79 Å². The zero-order valence-electron chi connectivity index (χ0n) is 13.6. The summed E-state index contributed by atoms with van der Waals surface area (Å²) in [7, 11) is 0. The van der Waals surface area contributed by atoms with Gasteiger partial charge in [0.1, 0.15) is 23.0 Å². The lowest BCUT2D eigenvalue weighted by atomic mass is 10.0. The number of carbonyl (C=O) groups excluding carboxylic acids is 2. The van der Waals surface area contributed by atoms with Crippen LogP contribution in [0, 0.1) is 0 Å². The fourth-order valence-corrected chi connectivity index (χ4v) is 4.68. The molecule has 1 amide bonds. The number of carbonyl (C=O) groups is 2. The van der Waals surface area contributed by atoms with E-state index in [-0.39, 0.29) is 18.2 Å². The van der Waals surface area contributed by atoms with Gasteiger partial charge in [-0.3, -0.25) is 4.79 Å². The summed E-state index contributed by atoms with van der Waals surface area (Å²) in [5.74, 6) is -1.16. The Morgan fingerprint density at radius 2 is 2.08 bits per heavy atom. The van der Waals surface area contributed by atoms with E-state index in [9.17, 15) is 14.7 Å². The first-order chi connectivity index (χ1) is 11.2. The number of phenolic OH excluding ortho intramolecular Hbond substituents is 1. The molecule has 1 fully saturated rings. The Hall–Kier alpha value is -1.11. The second-order valence-electron chi connectivity index (χ2n) is 5.87. The maximum atomic E-state index is 12.5. The van der Waals surface area contributed by atoms with Crippen LogP contribution >= 0.6 is 35.0 Å². The number of alkyl halides is 1. The molecule has 5 nitrogen and oxygen atoms in total. The quantitative estimate of drug-likeness (QED) is 0.627. The molecule has 0 bridgehead atoms. The van der Waals surface area contributed by atoms with Crippen molar-refractivity contribution in [3.63, 3.8) is 0 Å². The summed E-state index contributed by atoms with van der Waals surface area (Å²) in [6, 6.07) is 3.80. The van der Waals surface area contributed by atoms with E-state index in [4.69, 9.17) is 27.9 Å². The van der Waals surface area contributed by atoms with Gasteiger partial charge in [-0.15, -0.1) is 23.4 Å². The number of aromatic hydroxyl groups is 1. The van der Waals surface area contributed by atoms with Crippen LogP contribution in [0.3, 0.4) is 0 Å². The molecule has 0 aliphatic carbocycles. The van der Waals surface area contributed by atoms with Crippen LogP contribution in [-0.4, -0.2) is 45.2 Å². The summed E-state index contributed by atoms with van der Waals surface area (Å²) < 4.78 is 4.53. The predicted molar refractivity (Wildman–Crippen MR) is 95.5 cm³/mol. The molecule has 2 atom stereocenters. The summed E-state index contributed by atoms with van der Waals surface area (Å²) in [6.07, 6.45) is 0. The number of nitrogens with zero attached hydrogens (tertiary/aromatic N) is 1. The molecule has 24 heavy (non-hydrogen) atoms. The second kappa shape index (κ2) is 7.42. The first-order valence-corrected chi connectivity index (χ1v) is 9.22. The third-order valence-corrected chi connectivity index (χ3v) is 5.77. The van der Waals surface area contributed by atoms with Gasteiger partial charge in [-0.1, -0.05) is 11.6 Å². The van der Waals surface area contributed by atoms with Gasteiger partial charge in [0.2, 0.25) is 5.91 Å². The molecule has 0 spiro atoms. The van der Waals surface area contributed by atoms with Gasteiger partial charge in [0.15, 0.2) is 0 Å². The number of hydrogen-bond acceptors (Lipinski definition) is 5. The number of ether oxygens (including phenoxy) is 1. The molecule has 0 aromatic heterocycles. The lowest BCUT2D eigenvalue weighted by molar-refractivity contribution is -0.155. The van der Waals surface area contributed by atoms with E-state index in [2.05, 4.69) is 0 Å². The molecule has 1 aliphatic rings. The molecule has 2 rings (SSSR count). The molecule has 1 aromatic carbocycles. The van der Waals surface area contributed by atoms with Crippen LogP contribution < -0.4 is 0 Å². The Morgan fingerprint density at radius 3 is 2.67 bits per heavy atom. The van der Waals surface area contributed by atoms with Crippen LogP contribution in [0.15, 0.2) is 18.2 Å². The average molecular weight is 392 g/mol. The first kappa shape index (κ1) is 19.2. The van der Waals surface area contributed by atoms with Gasteiger partial charge in [0, 0.05) is 15.3 Å². The molecule has 0 radical (unpaired) electrons. The van der Waals surface area contributed by atoms with Crippen LogP contribution in [0.5, 0.6) is 5.75 Å². The van der Waals surface area contributed by atoms with Crippen LogP contribution in [-0.2, 0) is 14.3 Å². The first-order valence-electron chi connectivity index (χ1n) is 7.43. The van der Waals surface area contributed by atoms with Crippen molar-refractivity contribution in [1.29, 1.82) is 0 Å². The molecule has 1 aliphatic heterocycles. The number of amides is 1. The molecular weight excluding hydrogens is 373 g/mol. The molecule has 1 heterocycles.